The first-order valence-electron chi connectivity index (χ1n) is 12.9. The highest BCUT2D eigenvalue weighted by Gasteiger charge is 2.27. The molecule has 36 heavy (non-hydrogen) atoms. The molecule has 2 aromatic carbocycles. The van der Waals surface area contributed by atoms with Gasteiger partial charge in [-0.15, -0.1) is 10.2 Å². The van der Waals surface area contributed by atoms with Crippen molar-refractivity contribution in [2.75, 3.05) is 45.2 Å². The predicted octanol–water partition coefficient (Wildman–Crippen LogP) is 5.21. The molecule has 3 aromatic rings. The van der Waals surface area contributed by atoms with E-state index in [0.717, 1.165) is 59.3 Å². The smallest absolute Gasteiger partial charge is 0.277 e. The third-order valence-corrected chi connectivity index (χ3v) is 8.68. The van der Waals surface area contributed by atoms with E-state index in [2.05, 4.69) is 51.2 Å². The van der Waals surface area contributed by atoms with Crippen molar-refractivity contribution in [2.24, 2.45) is 5.92 Å². The van der Waals surface area contributed by atoms with Crippen molar-refractivity contribution >= 4 is 22.9 Å². The molecular formula is C28H35N5O2S. The molecule has 5 rings (SSSR count). The van der Waals surface area contributed by atoms with E-state index in [1.54, 1.807) is 30.5 Å². The maximum Gasteiger partial charge on any atom is 0.277 e. The lowest BCUT2D eigenvalue weighted by atomic mass is 9.86. The van der Waals surface area contributed by atoms with Crippen LogP contribution in [-0.4, -0.2) is 72.4 Å². The number of benzene rings is 2. The summed E-state index contributed by atoms with van der Waals surface area (Å²) in [4.78, 5) is 22.4. The molecule has 8 heteroatoms. The van der Waals surface area contributed by atoms with Gasteiger partial charge in [0.2, 0.25) is 0 Å². The number of hydroxylamine groups is 2. The van der Waals surface area contributed by atoms with Crippen molar-refractivity contribution in [3.8, 4) is 21.1 Å². The zero-order valence-corrected chi connectivity index (χ0v) is 22.2. The Hall–Kier alpha value is -2.81. The number of carbonyl (C=O) groups excluding carboxylic acids is 1. The number of carbonyl (C=O) groups is 1. The summed E-state index contributed by atoms with van der Waals surface area (Å²) in [5, 5.41) is 11.8. The molecule has 190 valence electrons. The van der Waals surface area contributed by atoms with Crippen LogP contribution < -0.4 is 4.90 Å². The van der Waals surface area contributed by atoms with E-state index in [1.165, 1.54) is 43.5 Å². The Bertz CT molecular complexity index is 1150. The Morgan fingerprint density at radius 2 is 1.44 bits per heavy atom. The number of nitrogens with zero attached hydrogens (tertiary/aromatic N) is 5. The molecule has 1 amide bonds. The van der Waals surface area contributed by atoms with E-state index in [0.29, 0.717) is 5.56 Å². The Labute approximate surface area is 217 Å². The van der Waals surface area contributed by atoms with E-state index < -0.39 is 0 Å². The highest BCUT2D eigenvalue weighted by atomic mass is 32.1. The van der Waals surface area contributed by atoms with Gasteiger partial charge in [-0.2, -0.15) is 0 Å². The zero-order valence-electron chi connectivity index (χ0n) is 21.4. The van der Waals surface area contributed by atoms with Gasteiger partial charge in [-0.3, -0.25) is 14.5 Å². The molecule has 0 radical (unpaired) electrons. The summed E-state index contributed by atoms with van der Waals surface area (Å²) in [5.74, 6) is 0.719. The minimum absolute atomic E-state index is 0.188. The number of amides is 1. The van der Waals surface area contributed by atoms with Crippen LogP contribution in [0.3, 0.4) is 0 Å². The molecule has 2 heterocycles. The average molecular weight is 506 g/mol. The van der Waals surface area contributed by atoms with Crippen LogP contribution in [0, 0.1) is 5.92 Å². The molecule has 0 unspecified atom stereocenters. The second kappa shape index (κ2) is 11.1. The van der Waals surface area contributed by atoms with Gasteiger partial charge in [-0.1, -0.05) is 30.4 Å². The third-order valence-electron chi connectivity index (χ3n) is 7.66. The molecular weight excluding hydrogens is 470 g/mol. The van der Waals surface area contributed by atoms with Crippen molar-refractivity contribution in [3.63, 3.8) is 0 Å². The fraction of sp³-hybridized carbons (Fsp3) is 0.464. The molecule has 1 aliphatic heterocycles. The average Bonchev–Trinajstić information content (AvgIpc) is 3.43. The zero-order chi connectivity index (χ0) is 25.1. The van der Waals surface area contributed by atoms with Crippen molar-refractivity contribution in [2.45, 2.75) is 38.6 Å². The molecule has 7 nitrogen and oxygen atoms in total. The first kappa shape index (κ1) is 24.9. The molecule has 0 atom stereocenters. The van der Waals surface area contributed by atoms with E-state index in [4.69, 9.17) is 4.84 Å². The van der Waals surface area contributed by atoms with Crippen LogP contribution in [0.4, 0.5) is 5.69 Å². The number of anilines is 1. The molecule has 0 bridgehead atoms. The molecule has 0 spiro atoms. The lowest BCUT2D eigenvalue weighted by Crippen LogP contribution is -2.51. The second-order valence-corrected chi connectivity index (χ2v) is 10.9. The minimum atomic E-state index is -0.188. The first-order chi connectivity index (χ1) is 17.5. The predicted molar refractivity (Wildman–Crippen MR) is 145 cm³/mol. The molecule has 1 saturated heterocycles. The summed E-state index contributed by atoms with van der Waals surface area (Å²) < 4.78 is 0. The number of aromatic nitrogens is 2. The van der Waals surface area contributed by atoms with E-state index in [-0.39, 0.29) is 5.91 Å². The molecule has 1 saturated carbocycles. The fourth-order valence-electron chi connectivity index (χ4n) is 5.24. The van der Waals surface area contributed by atoms with Crippen LogP contribution in [0.15, 0.2) is 48.5 Å². The Balaban J connectivity index is 1.19. The van der Waals surface area contributed by atoms with Gasteiger partial charge in [0.25, 0.3) is 5.91 Å². The fourth-order valence-corrected chi connectivity index (χ4v) is 6.10. The molecule has 2 fully saturated rings. The van der Waals surface area contributed by atoms with Crippen LogP contribution in [0.5, 0.6) is 0 Å². The molecule has 1 aliphatic carbocycles. The SMILES string of the molecule is CON(C)C(=O)c1ccc(-c2nnc(-c3ccc(N4CCN(C5CCC(C)CC5)CC4)cc3)s2)cc1. The summed E-state index contributed by atoms with van der Waals surface area (Å²) in [5.41, 5.74) is 3.86. The lowest BCUT2D eigenvalue weighted by molar-refractivity contribution is -0.0756. The molecule has 1 aromatic heterocycles. The van der Waals surface area contributed by atoms with Crippen molar-refractivity contribution in [1.82, 2.24) is 20.2 Å². The van der Waals surface area contributed by atoms with Gasteiger partial charge in [0.15, 0.2) is 0 Å². The summed E-state index contributed by atoms with van der Waals surface area (Å²) in [6, 6.07) is 16.9. The quantitative estimate of drug-likeness (QED) is 0.429. The maximum atomic E-state index is 12.2. The van der Waals surface area contributed by atoms with Crippen molar-refractivity contribution in [3.05, 3.63) is 54.1 Å². The van der Waals surface area contributed by atoms with Crippen LogP contribution in [0.2, 0.25) is 0 Å². The number of hydrogen-bond donors (Lipinski definition) is 0. The van der Waals surface area contributed by atoms with Gasteiger partial charge in [0.05, 0.1) is 7.11 Å². The third kappa shape index (κ3) is 5.45. The molecule has 0 N–H and O–H groups in total. The summed E-state index contributed by atoms with van der Waals surface area (Å²) in [6.45, 7) is 6.89. The Kier molecular flexibility index (Phi) is 7.65. The minimum Gasteiger partial charge on any atom is -0.369 e. The lowest BCUT2D eigenvalue weighted by Gasteiger charge is -2.42. The summed E-state index contributed by atoms with van der Waals surface area (Å²) >= 11 is 1.56. The van der Waals surface area contributed by atoms with Crippen LogP contribution >= 0.6 is 11.3 Å². The van der Waals surface area contributed by atoms with Crippen molar-refractivity contribution in [1.29, 1.82) is 0 Å². The van der Waals surface area contributed by atoms with Gasteiger partial charge in [-0.05, 0) is 68.0 Å². The topological polar surface area (TPSA) is 61.8 Å². The van der Waals surface area contributed by atoms with Crippen LogP contribution in [0.1, 0.15) is 43.0 Å². The Morgan fingerprint density at radius 1 is 0.889 bits per heavy atom. The number of hydrogen-bond acceptors (Lipinski definition) is 7. The van der Waals surface area contributed by atoms with Crippen LogP contribution in [-0.2, 0) is 4.84 Å². The number of piperazine rings is 1. The van der Waals surface area contributed by atoms with Gasteiger partial charge in [0, 0.05) is 61.6 Å². The monoisotopic (exact) mass is 505 g/mol. The Morgan fingerprint density at radius 3 is 2.00 bits per heavy atom. The standard InChI is InChI=1S/C28H35N5O2S/c1-20-4-12-24(13-5-20)32-16-18-33(19-17-32)25-14-10-22(11-15-25)27-30-29-26(36-27)21-6-8-23(9-7-21)28(34)31(2)35-3/h6-11,14-15,20,24H,4-5,12-13,16-19H2,1-3H3. The van der Waals surface area contributed by atoms with Gasteiger partial charge >= 0.3 is 0 Å². The largest absolute Gasteiger partial charge is 0.369 e. The van der Waals surface area contributed by atoms with Crippen molar-refractivity contribution < 1.29 is 9.63 Å². The normalized spacial score (nSPS) is 20.9. The summed E-state index contributed by atoms with van der Waals surface area (Å²) in [7, 11) is 3.07. The van der Waals surface area contributed by atoms with Gasteiger partial charge in [-0.25, -0.2) is 5.06 Å². The highest BCUT2D eigenvalue weighted by molar-refractivity contribution is 7.17. The van der Waals surface area contributed by atoms with Crippen LogP contribution in [0.25, 0.3) is 21.1 Å². The van der Waals surface area contributed by atoms with E-state index in [1.807, 2.05) is 12.1 Å². The highest BCUT2D eigenvalue weighted by Crippen LogP contribution is 2.32. The summed E-state index contributed by atoms with van der Waals surface area (Å²) in [6.07, 6.45) is 5.51. The first-order valence-corrected chi connectivity index (χ1v) is 13.7. The van der Waals surface area contributed by atoms with E-state index >= 15 is 0 Å². The van der Waals surface area contributed by atoms with E-state index in [9.17, 15) is 4.79 Å². The van der Waals surface area contributed by atoms with Gasteiger partial charge in [0.1, 0.15) is 10.0 Å². The second-order valence-electron chi connectivity index (χ2n) is 9.96. The molecule has 2 aliphatic rings. The maximum absolute atomic E-state index is 12.2. The number of rotatable bonds is 6. The van der Waals surface area contributed by atoms with Gasteiger partial charge < -0.3 is 4.90 Å².